The van der Waals surface area contributed by atoms with Gasteiger partial charge in [0, 0.05) is 24.3 Å². The summed E-state index contributed by atoms with van der Waals surface area (Å²) in [7, 11) is 0. The van der Waals surface area contributed by atoms with Crippen molar-refractivity contribution in [2.24, 2.45) is 0 Å². The van der Waals surface area contributed by atoms with Crippen molar-refractivity contribution in [1.82, 2.24) is 9.55 Å². The van der Waals surface area contributed by atoms with Crippen LogP contribution >= 0.6 is 0 Å². The molecule has 4 rings (SSSR count). The topological polar surface area (TPSA) is 30.3 Å². The lowest BCUT2D eigenvalue weighted by Crippen LogP contribution is -2.36. The molecule has 4 nitrogen and oxygen atoms in total. The van der Waals surface area contributed by atoms with E-state index in [1.807, 2.05) is 19.1 Å². The van der Waals surface area contributed by atoms with Crippen molar-refractivity contribution < 1.29 is 9.13 Å². The third-order valence-electron chi connectivity index (χ3n) is 4.90. The molecule has 1 aliphatic rings. The highest BCUT2D eigenvalue weighted by atomic mass is 19.1. The number of morpholine rings is 1. The van der Waals surface area contributed by atoms with Crippen LogP contribution in [-0.4, -0.2) is 35.9 Å². The number of aromatic nitrogens is 2. The highest BCUT2D eigenvalue weighted by molar-refractivity contribution is 5.80. The smallest absolute Gasteiger partial charge is 0.131 e. The first kappa shape index (κ1) is 16.1. The number of aryl methyl sites for hydroxylation is 2. The Morgan fingerprint density at radius 1 is 1.12 bits per heavy atom. The summed E-state index contributed by atoms with van der Waals surface area (Å²) in [4.78, 5) is 6.97. The van der Waals surface area contributed by atoms with Crippen LogP contribution < -0.4 is 4.90 Å². The fourth-order valence-electron chi connectivity index (χ4n) is 3.45. The molecule has 0 aliphatic carbocycles. The summed E-state index contributed by atoms with van der Waals surface area (Å²) in [5.41, 5.74) is 4.53. The van der Waals surface area contributed by atoms with Gasteiger partial charge in [0.2, 0.25) is 0 Å². The van der Waals surface area contributed by atoms with Gasteiger partial charge in [0.1, 0.15) is 11.6 Å². The monoisotopic (exact) mass is 339 g/mol. The summed E-state index contributed by atoms with van der Waals surface area (Å²) in [5.74, 6) is 0.767. The predicted octanol–water partition coefficient (Wildman–Crippen LogP) is 3.68. The van der Waals surface area contributed by atoms with Gasteiger partial charge in [-0.3, -0.25) is 0 Å². The molecule has 2 heterocycles. The molecule has 1 fully saturated rings. The molecule has 0 atom stereocenters. The molecule has 1 aliphatic heterocycles. The van der Waals surface area contributed by atoms with Gasteiger partial charge in [-0.05, 0) is 37.6 Å². The second-order valence-electron chi connectivity index (χ2n) is 6.57. The normalized spacial score (nSPS) is 15.1. The Kier molecular flexibility index (Phi) is 4.17. The molecule has 0 unspecified atom stereocenters. The minimum atomic E-state index is -0.131. The van der Waals surface area contributed by atoms with Crippen LogP contribution in [0.5, 0.6) is 0 Å². The number of fused-ring (bicyclic) bond motifs is 1. The summed E-state index contributed by atoms with van der Waals surface area (Å²) >= 11 is 0. The van der Waals surface area contributed by atoms with Gasteiger partial charge < -0.3 is 14.2 Å². The Labute approximate surface area is 146 Å². The van der Waals surface area contributed by atoms with Crippen molar-refractivity contribution >= 4 is 16.7 Å². The first-order valence-corrected chi connectivity index (χ1v) is 8.67. The van der Waals surface area contributed by atoms with E-state index in [0.717, 1.165) is 43.2 Å². The Morgan fingerprint density at radius 2 is 1.92 bits per heavy atom. The molecule has 1 saturated heterocycles. The van der Waals surface area contributed by atoms with Crippen LogP contribution in [0.3, 0.4) is 0 Å². The van der Waals surface area contributed by atoms with Crippen molar-refractivity contribution in [2.45, 2.75) is 20.4 Å². The van der Waals surface area contributed by atoms with Gasteiger partial charge >= 0.3 is 0 Å². The Bertz CT molecular complexity index is 913. The second-order valence-corrected chi connectivity index (χ2v) is 6.57. The molecular weight excluding hydrogens is 317 g/mol. The Morgan fingerprint density at radius 3 is 2.72 bits per heavy atom. The van der Waals surface area contributed by atoms with Crippen molar-refractivity contribution in [3.05, 3.63) is 59.2 Å². The molecule has 130 valence electrons. The number of halogens is 1. The molecule has 1 aromatic heterocycles. The molecule has 0 amide bonds. The minimum absolute atomic E-state index is 0.131. The van der Waals surface area contributed by atoms with Gasteiger partial charge in [0.05, 0.1) is 30.8 Å². The SMILES string of the molecule is Cc1cccc(Cn2c(C)nc3ccc(N4CCOCC4)cc32)c1F. The van der Waals surface area contributed by atoms with Gasteiger partial charge in [-0.25, -0.2) is 9.37 Å². The summed E-state index contributed by atoms with van der Waals surface area (Å²) in [6.07, 6.45) is 0. The van der Waals surface area contributed by atoms with Crippen molar-refractivity contribution in [2.75, 3.05) is 31.2 Å². The summed E-state index contributed by atoms with van der Waals surface area (Å²) in [6, 6.07) is 11.9. The molecular formula is C20H22FN3O. The summed E-state index contributed by atoms with van der Waals surface area (Å²) in [5, 5.41) is 0. The van der Waals surface area contributed by atoms with Crippen molar-refractivity contribution in [3.8, 4) is 0 Å². The van der Waals surface area contributed by atoms with Gasteiger partial charge in [-0.15, -0.1) is 0 Å². The maximum Gasteiger partial charge on any atom is 0.131 e. The number of imidazole rings is 1. The fourth-order valence-corrected chi connectivity index (χ4v) is 3.45. The van der Waals surface area contributed by atoms with Crippen LogP contribution in [0, 0.1) is 19.7 Å². The van der Waals surface area contributed by atoms with Crippen LogP contribution in [0.2, 0.25) is 0 Å². The zero-order chi connectivity index (χ0) is 17.4. The molecule has 25 heavy (non-hydrogen) atoms. The van der Waals surface area contributed by atoms with Gasteiger partial charge in [0.15, 0.2) is 0 Å². The molecule has 5 heteroatoms. The molecule has 0 spiro atoms. The zero-order valence-electron chi connectivity index (χ0n) is 14.6. The largest absolute Gasteiger partial charge is 0.378 e. The predicted molar refractivity (Wildman–Crippen MR) is 97.7 cm³/mol. The summed E-state index contributed by atoms with van der Waals surface area (Å²) in [6.45, 7) is 7.56. The minimum Gasteiger partial charge on any atom is -0.378 e. The third-order valence-corrected chi connectivity index (χ3v) is 4.90. The average Bonchev–Trinajstić information content (AvgIpc) is 2.94. The maximum absolute atomic E-state index is 14.4. The molecule has 0 N–H and O–H groups in total. The van der Waals surface area contributed by atoms with Crippen molar-refractivity contribution in [1.29, 1.82) is 0 Å². The molecule has 0 bridgehead atoms. The third kappa shape index (κ3) is 3.00. The lowest BCUT2D eigenvalue weighted by atomic mass is 10.1. The Hall–Kier alpha value is -2.40. The van der Waals surface area contributed by atoms with Crippen LogP contribution in [0.1, 0.15) is 17.0 Å². The van der Waals surface area contributed by atoms with E-state index in [-0.39, 0.29) is 5.82 Å². The lowest BCUT2D eigenvalue weighted by Gasteiger charge is -2.28. The molecule has 2 aromatic carbocycles. The molecule has 0 radical (unpaired) electrons. The van der Waals surface area contributed by atoms with Gasteiger partial charge in [-0.1, -0.05) is 18.2 Å². The number of hydrogen-bond donors (Lipinski definition) is 0. The van der Waals surface area contributed by atoms with E-state index in [1.54, 1.807) is 13.0 Å². The van der Waals surface area contributed by atoms with Crippen molar-refractivity contribution in [3.63, 3.8) is 0 Å². The number of rotatable bonds is 3. The van der Waals surface area contributed by atoms with E-state index in [1.165, 1.54) is 5.69 Å². The van der Waals surface area contributed by atoms with Gasteiger partial charge in [0.25, 0.3) is 0 Å². The molecule has 3 aromatic rings. The number of nitrogens with zero attached hydrogens (tertiary/aromatic N) is 3. The van der Waals surface area contributed by atoms with Gasteiger partial charge in [-0.2, -0.15) is 0 Å². The van der Waals surface area contributed by atoms with E-state index in [2.05, 4.69) is 32.7 Å². The summed E-state index contributed by atoms with van der Waals surface area (Å²) < 4.78 is 22.0. The first-order chi connectivity index (χ1) is 12.1. The van der Waals surface area contributed by atoms with E-state index < -0.39 is 0 Å². The number of benzene rings is 2. The van der Waals surface area contributed by atoms with E-state index in [0.29, 0.717) is 17.7 Å². The van der Waals surface area contributed by atoms with E-state index in [9.17, 15) is 4.39 Å². The first-order valence-electron chi connectivity index (χ1n) is 8.67. The number of hydrogen-bond acceptors (Lipinski definition) is 3. The van der Waals surface area contributed by atoms with Crippen LogP contribution in [0.4, 0.5) is 10.1 Å². The standard InChI is InChI=1S/C20H22FN3O/c1-14-4-3-5-16(20(14)21)13-24-15(2)22-18-7-6-17(12-19(18)24)23-8-10-25-11-9-23/h3-7,12H,8-11,13H2,1-2H3. The fraction of sp³-hybridized carbons (Fsp3) is 0.350. The highest BCUT2D eigenvalue weighted by Gasteiger charge is 2.15. The number of anilines is 1. The quantitative estimate of drug-likeness (QED) is 0.729. The van der Waals surface area contributed by atoms with E-state index in [4.69, 9.17) is 4.74 Å². The maximum atomic E-state index is 14.4. The van der Waals surface area contributed by atoms with Crippen LogP contribution in [0.25, 0.3) is 11.0 Å². The second kappa shape index (κ2) is 6.48. The molecule has 0 saturated carbocycles. The van der Waals surface area contributed by atoms with E-state index >= 15 is 0 Å². The highest BCUT2D eigenvalue weighted by Crippen LogP contribution is 2.25. The number of ether oxygens (including phenoxy) is 1. The average molecular weight is 339 g/mol. The van der Waals surface area contributed by atoms with Crippen LogP contribution in [-0.2, 0) is 11.3 Å². The zero-order valence-corrected chi connectivity index (χ0v) is 14.6. The van der Waals surface area contributed by atoms with Crippen LogP contribution in [0.15, 0.2) is 36.4 Å². The lowest BCUT2D eigenvalue weighted by molar-refractivity contribution is 0.122. The Balaban J connectivity index is 1.74.